The van der Waals surface area contributed by atoms with Crippen molar-refractivity contribution in [1.82, 2.24) is 9.97 Å². The number of aryl methyl sites for hydroxylation is 1. The Balaban J connectivity index is 2.48. The zero-order valence-corrected chi connectivity index (χ0v) is 7.94. The molecular weight excluding hydrogens is 174 g/mol. The summed E-state index contributed by atoms with van der Waals surface area (Å²) in [7, 11) is 0. The van der Waals surface area contributed by atoms with Gasteiger partial charge in [-0.3, -0.25) is 9.97 Å². The summed E-state index contributed by atoms with van der Waals surface area (Å²) in [6, 6.07) is 5.80. The molecule has 2 rings (SSSR count). The van der Waals surface area contributed by atoms with E-state index in [-0.39, 0.29) is 0 Å². The van der Waals surface area contributed by atoms with Gasteiger partial charge in [-0.2, -0.15) is 0 Å². The first-order chi connectivity index (χ1) is 6.77. The summed E-state index contributed by atoms with van der Waals surface area (Å²) < 4.78 is 0. The summed E-state index contributed by atoms with van der Waals surface area (Å²) in [6.07, 6.45) is 5.35. The fourth-order valence-corrected chi connectivity index (χ4v) is 1.24. The molecule has 0 saturated heterocycles. The number of nitrogen functional groups attached to an aromatic ring is 1. The topological polar surface area (TPSA) is 51.8 Å². The van der Waals surface area contributed by atoms with Crippen LogP contribution in [0.15, 0.2) is 36.8 Å². The van der Waals surface area contributed by atoms with Crippen molar-refractivity contribution in [3.63, 3.8) is 0 Å². The van der Waals surface area contributed by atoms with E-state index >= 15 is 0 Å². The molecule has 0 amide bonds. The Morgan fingerprint density at radius 1 is 1.21 bits per heavy atom. The van der Waals surface area contributed by atoms with Crippen LogP contribution >= 0.6 is 0 Å². The molecule has 2 N–H and O–H groups in total. The van der Waals surface area contributed by atoms with E-state index in [4.69, 9.17) is 5.73 Å². The first kappa shape index (κ1) is 8.69. The molecule has 0 unspecified atom stereocenters. The zero-order chi connectivity index (χ0) is 9.97. The highest BCUT2D eigenvalue weighted by Gasteiger charge is 2.00. The largest absolute Gasteiger partial charge is 0.397 e. The molecule has 3 nitrogen and oxygen atoms in total. The minimum absolute atomic E-state index is 0.714. The number of nitrogens with zero attached hydrogens (tertiary/aromatic N) is 2. The van der Waals surface area contributed by atoms with Gasteiger partial charge >= 0.3 is 0 Å². The molecule has 0 fully saturated rings. The lowest BCUT2D eigenvalue weighted by molar-refractivity contribution is 1.20. The van der Waals surface area contributed by atoms with Gasteiger partial charge in [-0.15, -0.1) is 0 Å². The second-order valence-electron chi connectivity index (χ2n) is 3.14. The SMILES string of the molecule is Cc1ncc(-c2cccnc2)cc1N. The Bertz CT molecular complexity index is 438. The molecule has 2 heterocycles. The molecule has 0 aliphatic rings. The fraction of sp³-hybridized carbons (Fsp3) is 0.0909. The average molecular weight is 185 g/mol. The van der Waals surface area contributed by atoms with Gasteiger partial charge in [-0.05, 0) is 19.1 Å². The summed E-state index contributed by atoms with van der Waals surface area (Å²) in [6.45, 7) is 1.89. The summed E-state index contributed by atoms with van der Waals surface area (Å²) >= 11 is 0. The highest BCUT2D eigenvalue weighted by molar-refractivity contribution is 5.66. The maximum Gasteiger partial charge on any atom is 0.0602 e. The van der Waals surface area contributed by atoms with Crippen molar-refractivity contribution in [2.45, 2.75) is 6.92 Å². The van der Waals surface area contributed by atoms with Gasteiger partial charge < -0.3 is 5.73 Å². The number of anilines is 1. The quantitative estimate of drug-likeness (QED) is 0.739. The van der Waals surface area contributed by atoms with Gasteiger partial charge in [-0.1, -0.05) is 6.07 Å². The first-order valence-corrected chi connectivity index (χ1v) is 4.40. The van der Waals surface area contributed by atoms with Crippen LogP contribution in [0.25, 0.3) is 11.1 Å². The molecule has 2 aromatic heterocycles. The standard InChI is InChI=1S/C11H11N3/c1-8-11(12)5-10(7-14-8)9-3-2-4-13-6-9/h2-7H,12H2,1H3. The zero-order valence-electron chi connectivity index (χ0n) is 7.94. The van der Waals surface area contributed by atoms with Gasteiger partial charge in [0.15, 0.2) is 0 Å². The highest BCUT2D eigenvalue weighted by atomic mass is 14.7. The summed E-state index contributed by atoms with van der Waals surface area (Å²) in [5, 5.41) is 0. The lowest BCUT2D eigenvalue weighted by atomic mass is 10.1. The van der Waals surface area contributed by atoms with Crippen LogP contribution in [0.3, 0.4) is 0 Å². The maximum atomic E-state index is 5.78. The molecular formula is C11H11N3. The van der Waals surface area contributed by atoms with Crippen LogP contribution in [0.4, 0.5) is 5.69 Å². The molecule has 14 heavy (non-hydrogen) atoms. The molecule has 3 heteroatoms. The van der Waals surface area contributed by atoms with Crippen molar-refractivity contribution in [3.8, 4) is 11.1 Å². The van der Waals surface area contributed by atoms with E-state index in [1.807, 2.05) is 31.3 Å². The average Bonchev–Trinajstić information content (AvgIpc) is 2.23. The summed E-state index contributed by atoms with van der Waals surface area (Å²) in [4.78, 5) is 8.25. The van der Waals surface area contributed by atoms with E-state index < -0.39 is 0 Å². The van der Waals surface area contributed by atoms with Gasteiger partial charge in [-0.25, -0.2) is 0 Å². The fourth-order valence-electron chi connectivity index (χ4n) is 1.24. The Morgan fingerprint density at radius 2 is 2.07 bits per heavy atom. The van der Waals surface area contributed by atoms with Gasteiger partial charge in [0.1, 0.15) is 0 Å². The molecule has 0 bridgehead atoms. The van der Waals surface area contributed by atoms with Crippen LogP contribution in [0.5, 0.6) is 0 Å². The van der Waals surface area contributed by atoms with Crippen molar-refractivity contribution in [1.29, 1.82) is 0 Å². The predicted molar refractivity (Wildman–Crippen MR) is 56.6 cm³/mol. The Hall–Kier alpha value is -1.90. The van der Waals surface area contributed by atoms with E-state index in [0.717, 1.165) is 16.8 Å². The third kappa shape index (κ3) is 1.57. The molecule has 0 aliphatic heterocycles. The van der Waals surface area contributed by atoms with Crippen LogP contribution in [-0.4, -0.2) is 9.97 Å². The highest BCUT2D eigenvalue weighted by Crippen LogP contribution is 2.20. The molecule has 2 aromatic rings. The lowest BCUT2D eigenvalue weighted by Crippen LogP contribution is -1.93. The van der Waals surface area contributed by atoms with E-state index in [1.165, 1.54) is 0 Å². The van der Waals surface area contributed by atoms with E-state index in [2.05, 4.69) is 9.97 Å². The molecule has 0 aromatic carbocycles. The summed E-state index contributed by atoms with van der Waals surface area (Å²) in [5.41, 5.74) is 9.38. The van der Waals surface area contributed by atoms with Crippen molar-refractivity contribution >= 4 is 5.69 Å². The molecule has 0 radical (unpaired) electrons. The third-order valence-electron chi connectivity index (χ3n) is 2.12. The van der Waals surface area contributed by atoms with E-state index in [9.17, 15) is 0 Å². The van der Waals surface area contributed by atoms with E-state index in [1.54, 1.807) is 12.4 Å². The van der Waals surface area contributed by atoms with Crippen molar-refractivity contribution in [2.75, 3.05) is 5.73 Å². The number of rotatable bonds is 1. The molecule has 0 saturated carbocycles. The second-order valence-corrected chi connectivity index (χ2v) is 3.14. The monoisotopic (exact) mass is 185 g/mol. The lowest BCUT2D eigenvalue weighted by Gasteiger charge is -2.03. The van der Waals surface area contributed by atoms with Crippen molar-refractivity contribution in [2.24, 2.45) is 0 Å². The van der Waals surface area contributed by atoms with Crippen LogP contribution in [-0.2, 0) is 0 Å². The maximum absolute atomic E-state index is 5.78. The smallest absolute Gasteiger partial charge is 0.0602 e. The minimum Gasteiger partial charge on any atom is -0.397 e. The third-order valence-corrected chi connectivity index (χ3v) is 2.12. The minimum atomic E-state index is 0.714. The van der Waals surface area contributed by atoms with Crippen molar-refractivity contribution in [3.05, 3.63) is 42.5 Å². The Labute approximate surface area is 82.6 Å². The van der Waals surface area contributed by atoms with Gasteiger partial charge in [0.05, 0.1) is 11.4 Å². The molecule has 0 aliphatic carbocycles. The van der Waals surface area contributed by atoms with Crippen LogP contribution in [0, 0.1) is 6.92 Å². The second kappa shape index (κ2) is 3.46. The molecule has 70 valence electrons. The van der Waals surface area contributed by atoms with Gasteiger partial charge in [0, 0.05) is 29.7 Å². The Morgan fingerprint density at radius 3 is 2.71 bits per heavy atom. The van der Waals surface area contributed by atoms with Crippen LogP contribution < -0.4 is 5.73 Å². The summed E-state index contributed by atoms with van der Waals surface area (Å²) in [5.74, 6) is 0. The van der Waals surface area contributed by atoms with Gasteiger partial charge in [0.25, 0.3) is 0 Å². The molecule has 0 atom stereocenters. The van der Waals surface area contributed by atoms with Crippen LogP contribution in [0.2, 0.25) is 0 Å². The van der Waals surface area contributed by atoms with Gasteiger partial charge in [0.2, 0.25) is 0 Å². The first-order valence-electron chi connectivity index (χ1n) is 4.40. The van der Waals surface area contributed by atoms with E-state index in [0.29, 0.717) is 5.69 Å². The number of hydrogen-bond acceptors (Lipinski definition) is 3. The predicted octanol–water partition coefficient (Wildman–Crippen LogP) is 2.03. The number of nitrogens with two attached hydrogens (primary N) is 1. The number of pyridine rings is 2. The normalized spacial score (nSPS) is 10.1. The number of aromatic nitrogens is 2. The number of hydrogen-bond donors (Lipinski definition) is 1. The van der Waals surface area contributed by atoms with Crippen molar-refractivity contribution < 1.29 is 0 Å². The Kier molecular flexibility index (Phi) is 2.14. The van der Waals surface area contributed by atoms with Crippen LogP contribution in [0.1, 0.15) is 5.69 Å². The molecule has 0 spiro atoms.